The van der Waals surface area contributed by atoms with Gasteiger partial charge in [-0.15, -0.1) is 24.8 Å². The molecule has 2 atom stereocenters. The Morgan fingerprint density at radius 3 is 2.60 bits per heavy atom. The molecular weight excluding hydrogens is 301 g/mol. The van der Waals surface area contributed by atoms with Gasteiger partial charge in [0.25, 0.3) is 5.91 Å². The van der Waals surface area contributed by atoms with Crippen molar-refractivity contribution < 1.29 is 9.53 Å². The van der Waals surface area contributed by atoms with E-state index in [9.17, 15) is 4.79 Å². The second-order valence-corrected chi connectivity index (χ2v) is 5.01. The molecule has 1 N–H and O–H groups in total. The van der Waals surface area contributed by atoms with Crippen molar-refractivity contribution in [3.05, 3.63) is 0 Å². The topological polar surface area (TPSA) is 44.8 Å². The molecule has 0 radical (unpaired) electrons. The van der Waals surface area contributed by atoms with E-state index in [4.69, 9.17) is 4.74 Å². The summed E-state index contributed by atoms with van der Waals surface area (Å²) in [6.07, 6.45) is 0.822. The van der Waals surface area contributed by atoms with Crippen LogP contribution < -0.4 is 5.32 Å². The summed E-state index contributed by atoms with van der Waals surface area (Å²) in [7, 11) is 0. The van der Waals surface area contributed by atoms with E-state index in [0.717, 1.165) is 39.1 Å². The molecule has 0 aromatic rings. The fraction of sp³-hybridized carbons (Fsp3) is 0.923. The fourth-order valence-corrected chi connectivity index (χ4v) is 2.91. The number of likely N-dealkylation sites (tertiary alicyclic amines) is 1. The van der Waals surface area contributed by atoms with Gasteiger partial charge in [0.1, 0.15) is 6.10 Å². The molecule has 0 bridgehead atoms. The number of ether oxygens (including phenoxy) is 1. The van der Waals surface area contributed by atoms with Crippen molar-refractivity contribution in [1.82, 2.24) is 15.1 Å². The number of hydrogen-bond acceptors (Lipinski definition) is 4. The van der Waals surface area contributed by atoms with Crippen molar-refractivity contribution in [2.45, 2.75) is 32.4 Å². The molecule has 2 aliphatic heterocycles. The highest BCUT2D eigenvalue weighted by molar-refractivity contribution is 5.85. The van der Waals surface area contributed by atoms with Crippen LogP contribution in [0.1, 0.15) is 20.3 Å². The van der Waals surface area contributed by atoms with Gasteiger partial charge in [-0.05, 0) is 19.5 Å². The van der Waals surface area contributed by atoms with Crippen LogP contribution in [0.15, 0.2) is 0 Å². The highest BCUT2D eigenvalue weighted by Gasteiger charge is 2.33. The predicted octanol–water partition coefficient (Wildman–Crippen LogP) is 0.761. The Kier molecular flexibility index (Phi) is 9.76. The maximum Gasteiger partial charge on any atom is 0.253 e. The van der Waals surface area contributed by atoms with Crippen LogP contribution in [0.2, 0.25) is 0 Å². The molecule has 7 heteroatoms. The molecule has 0 aromatic carbocycles. The summed E-state index contributed by atoms with van der Waals surface area (Å²) in [6, 6.07) is 0.528. The first-order chi connectivity index (χ1) is 8.76. The highest BCUT2D eigenvalue weighted by atomic mass is 35.5. The minimum atomic E-state index is -0.269. The van der Waals surface area contributed by atoms with E-state index in [2.05, 4.69) is 24.1 Å². The Morgan fingerprint density at radius 2 is 2.05 bits per heavy atom. The lowest BCUT2D eigenvalue weighted by Crippen LogP contribution is -2.49. The zero-order chi connectivity index (χ0) is 13.0. The quantitative estimate of drug-likeness (QED) is 0.828. The Hall–Kier alpha value is -0.0700. The van der Waals surface area contributed by atoms with Gasteiger partial charge in [0, 0.05) is 32.2 Å². The Bertz CT molecular complexity index is 285. The summed E-state index contributed by atoms with van der Waals surface area (Å²) < 4.78 is 5.53. The molecule has 0 spiro atoms. The van der Waals surface area contributed by atoms with Gasteiger partial charge in [-0.25, -0.2) is 0 Å². The summed E-state index contributed by atoms with van der Waals surface area (Å²) in [4.78, 5) is 16.7. The van der Waals surface area contributed by atoms with E-state index in [1.165, 1.54) is 0 Å². The van der Waals surface area contributed by atoms with E-state index in [-0.39, 0.29) is 36.8 Å². The number of likely N-dealkylation sites (N-methyl/N-ethyl adjacent to an activating group) is 1. The number of morpholine rings is 1. The molecule has 120 valence electrons. The molecule has 2 rings (SSSR count). The van der Waals surface area contributed by atoms with Crippen molar-refractivity contribution in [3.8, 4) is 0 Å². The molecule has 2 heterocycles. The molecule has 2 saturated heterocycles. The minimum Gasteiger partial charge on any atom is -0.366 e. The second-order valence-electron chi connectivity index (χ2n) is 5.01. The Balaban J connectivity index is 0.00000180. The maximum absolute atomic E-state index is 12.3. The molecule has 0 aliphatic carbocycles. The van der Waals surface area contributed by atoms with Gasteiger partial charge >= 0.3 is 0 Å². The summed E-state index contributed by atoms with van der Waals surface area (Å²) >= 11 is 0. The van der Waals surface area contributed by atoms with E-state index in [1.54, 1.807) is 0 Å². The molecule has 20 heavy (non-hydrogen) atoms. The van der Waals surface area contributed by atoms with E-state index in [0.29, 0.717) is 19.2 Å². The zero-order valence-corrected chi connectivity index (χ0v) is 14.0. The van der Waals surface area contributed by atoms with E-state index in [1.807, 2.05) is 4.90 Å². The average Bonchev–Trinajstić information content (AvgIpc) is 2.90. The van der Waals surface area contributed by atoms with Crippen LogP contribution in [0.4, 0.5) is 0 Å². The molecule has 0 aromatic heterocycles. The number of nitrogens with zero attached hydrogens (tertiary/aromatic N) is 2. The van der Waals surface area contributed by atoms with Crippen LogP contribution in [0.5, 0.6) is 0 Å². The smallest absolute Gasteiger partial charge is 0.253 e. The second kappa shape index (κ2) is 9.79. The molecule has 2 fully saturated rings. The zero-order valence-electron chi connectivity index (χ0n) is 12.3. The summed E-state index contributed by atoms with van der Waals surface area (Å²) in [6.45, 7) is 10.4. The summed E-state index contributed by atoms with van der Waals surface area (Å²) in [5.41, 5.74) is 0. The largest absolute Gasteiger partial charge is 0.366 e. The first kappa shape index (κ1) is 19.9. The van der Waals surface area contributed by atoms with Crippen molar-refractivity contribution >= 4 is 30.7 Å². The van der Waals surface area contributed by atoms with Crippen molar-refractivity contribution in [2.75, 3.05) is 45.9 Å². The standard InChI is InChI=1S/C13H25N3O2.2ClH/c1-3-15(4-2)11-5-7-16(10-11)13(17)12-9-14-6-8-18-12;;/h11-12,14H,3-10H2,1-2H3;2*1H. The summed E-state index contributed by atoms with van der Waals surface area (Å²) in [5.74, 6) is 0.164. The van der Waals surface area contributed by atoms with Crippen LogP contribution >= 0.6 is 24.8 Å². The molecule has 1 amide bonds. The number of rotatable bonds is 4. The van der Waals surface area contributed by atoms with Gasteiger partial charge in [0.2, 0.25) is 0 Å². The van der Waals surface area contributed by atoms with Crippen LogP contribution in [0.25, 0.3) is 0 Å². The van der Waals surface area contributed by atoms with Crippen LogP contribution in [-0.4, -0.2) is 73.7 Å². The molecule has 0 saturated carbocycles. The van der Waals surface area contributed by atoms with Crippen LogP contribution in [-0.2, 0) is 9.53 Å². The van der Waals surface area contributed by atoms with Crippen molar-refractivity contribution in [2.24, 2.45) is 0 Å². The number of carbonyl (C=O) groups excluding carboxylic acids is 1. The molecule has 2 unspecified atom stereocenters. The molecule has 5 nitrogen and oxygen atoms in total. The van der Waals surface area contributed by atoms with Gasteiger partial charge < -0.3 is 15.0 Å². The van der Waals surface area contributed by atoms with Gasteiger partial charge in [-0.3, -0.25) is 9.69 Å². The monoisotopic (exact) mass is 327 g/mol. The maximum atomic E-state index is 12.3. The number of carbonyl (C=O) groups is 1. The lowest BCUT2D eigenvalue weighted by Gasteiger charge is -2.29. The highest BCUT2D eigenvalue weighted by Crippen LogP contribution is 2.17. The van der Waals surface area contributed by atoms with Crippen molar-refractivity contribution in [3.63, 3.8) is 0 Å². The van der Waals surface area contributed by atoms with Gasteiger partial charge in [0.05, 0.1) is 6.61 Å². The Morgan fingerprint density at radius 1 is 1.35 bits per heavy atom. The normalized spacial score (nSPS) is 26.1. The third kappa shape index (κ3) is 4.74. The minimum absolute atomic E-state index is 0. The lowest BCUT2D eigenvalue weighted by atomic mass is 10.2. The first-order valence-electron chi connectivity index (χ1n) is 7.11. The van der Waals surface area contributed by atoms with E-state index < -0.39 is 0 Å². The fourth-order valence-electron chi connectivity index (χ4n) is 2.91. The van der Waals surface area contributed by atoms with Crippen LogP contribution in [0.3, 0.4) is 0 Å². The van der Waals surface area contributed by atoms with Gasteiger partial charge in [-0.2, -0.15) is 0 Å². The number of halogens is 2. The third-order valence-electron chi connectivity index (χ3n) is 4.01. The third-order valence-corrected chi connectivity index (χ3v) is 4.01. The molecule has 2 aliphatic rings. The van der Waals surface area contributed by atoms with E-state index >= 15 is 0 Å². The van der Waals surface area contributed by atoms with Crippen molar-refractivity contribution in [1.29, 1.82) is 0 Å². The summed E-state index contributed by atoms with van der Waals surface area (Å²) in [5, 5.41) is 3.21. The lowest BCUT2D eigenvalue weighted by molar-refractivity contribution is -0.144. The predicted molar refractivity (Wildman–Crippen MR) is 85.0 cm³/mol. The Labute approximate surface area is 134 Å². The molecular formula is C13H27Cl2N3O2. The average molecular weight is 328 g/mol. The van der Waals surface area contributed by atoms with Gasteiger partial charge in [0.15, 0.2) is 0 Å². The first-order valence-corrected chi connectivity index (χ1v) is 7.11. The van der Waals surface area contributed by atoms with Gasteiger partial charge in [-0.1, -0.05) is 13.8 Å². The number of hydrogen-bond donors (Lipinski definition) is 1. The number of nitrogens with one attached hydrogen (secondary N) is 1. The SMILES string of the molecule is CCN(CC)C1CCN(C(=O)C2CNCCO2)C1.Cl.Cl. The number of amides is 1. The van der Waals surface area contributed by atoms with Crippen LogP contribution in [0, 0.1) is 0 Å².